The second-order valence-electron chi connectivity index (χ2n) is 3.76. The van der Waals surface area contributed by atoms with E-state index in [9.17, 15) is 9.59 Å². The summed E-state index contributed by atoms with van der Waals surface area (Å²) in [6.45, 7) is 7.06. The minimum absolute atomic E-state index is 0.0811. The molecule has 0 fully saturated rings. The number of hydrogen-bond donors (Lipinski definition) is 0. The zero-order valence-electron chi connectivity index (χ0n) is 10.8. The summed E-state index contributed by atoms with van der Waals surface area (Å²) in [4.78, 5) is 24.7. The van der Waals surface area contributed by atoms with E-state index in [-0.39, 0.29) is 24.2 Å². The van der Waals surface area contributed by atoms with Gasteiger partial charge in [-0.15, -0.1) is 0 Å². The van der Waals surface area contributed by atoms with Crippen LogP contribution >= 0.6 is 0 Å². The summed E-state index contributed by atoms with van der Waals surface area (Å²) >= 11 is 0. The van der Waals surface area contributed by atoms with Gasteiger partial charge in [0.15, 0.2) is 0 Å². The fourth-order valence-electron chi connectivity index (χ4n) is 1.65. The van der Waals surface area contributed by atoms with Gasteiger partial charge in [0.1, 0.15) is 0 Å². The Kier molecular flexibility index (Phi) is 7.60. The molecule has 0 unspecified atom stereocenters. The number of carbonyl (C=O) groups is 2. The molecule has 0 aromatic rings. The van der Waals surface area contributed by atoms with Crippen LogP contribution in [-0.2, 0) is 14.3 Å². The molecular weight excluding hydrogens is 206 g/mol. The summed E-state index contributed by atoms with van der Waals surface area (Å²) < 4.78 is 4.56. The van der Waals surface area contributed by atoms with Gasteiger partial charge in [-0.25, -0.2) is 0 Å². The highest BCUT2D eigenvalue weighted by Gasteiger charge is 2.20. The third kappa shape index (κ3) is 4.64. The Hall–Kier alpha value is -1.06. The Morgan fingerprint density at radius 3 is 2.12 bits per heavy atom. The highest BCUT2D eigenvalue weighted by atomic mass is 16.5. The van der Waals surface area contributed by atoms with Crippen molar-refractivity contribution in [1.82, 2.24) is 4.90 Å². The molecule has 0 rings (SSSR count). The van der Waals surface area contributed by atoms with Crippen molar-refractivity contribution in [2.45, 2.75) is 40.0 Å². The van der Waals surface area contributed by atoms with E-state index in [1.165, 1.54) is 7.11 Å². The molecule has 0 bridgehead atoms. The van der Waals surface area contributed by atoms with Crippen molar-refractivity contribution in [1.29, 1.82) is 0 Å². The maximum atomic E-state index is 12.0. The quantitative estimate of drug-likeness (QED) is 0.626. The molecule has 0 aliphatic carbocycles. The highest BCUT2D eigenvalue weighted by Crippen LogP contribution is 2.12. The van der Waals surface area contributed by atoms with E-state index in [0.29, 0.717) is 13.1 Å². The fraction of sp³-hybridized carbons (Fsp3) is 0.833. The molecule has 0 saturated heterocycles. The van der Waals surface area contributed by atoms with Crippen molar-refractivity contribution in [2.24, 2.45) is 5.92 Å². The Morgan fingerprint density at radius 1 is 1.19 bits per heavy atom. The molecule has 4 heteroatoms. The Morgan fingerprint density at radius 2 is 1.75 bits per heavy atom. The highest BCUT2D eigenvalue weighted by molar-refractivity contribution is 5.79. The first kappa shape index (κ1) is 14.9. The summed E-state index contributed by atoms with van der Waals surface area (Å²) in [5.41, 5.74) is 0. The summed E-state index contributed by atoms with van der Waals surface area (Å²) in [6, 6.07) is 0. The molecule has 16 heavy (non-hydrogen) atoms. The number of nitrogens with zero attached hydrogens (tertiary/aromatic N) is 1. The molecule has 0 N–H and O–H groups in total. The second-order valence-corrected chi connectivity index (χ2v) is 3.76. The smallest absolute Gasteiger partial charge is 0.307 e. The predicted octanol–water partition coefficient (Wildman–Crippen LogP) is 1.83. The first-order valence-electron chi connectivity index (χ1n) is 5.96. The number of ether oxygens (including phenoxy) is 1. The maximum Gasteiger partial charge on any atom is 0.307 e. The van der Waals surface area contributed by atoms with Gasteiger partial charge < -0.3 is 9.64 Å². The van der Waals surface area contributed by atoms with E-state index in [2.05, 4.69) is 4.74 Å². The van der Waals surface area contributed by atoms with Crippen LogP contribution in [0.2, 0.25) is 0 Å². The fourth-order valence-corrected chi connectivity index (χ4v) is 1.65. The van der Waals surface area contributed by atoms with Gasteiger partial charge in [0.25, 0.3) is 0 Å². The third-order valence-electron chi connectivity index (χ3n) is 2.84. The first-order valence-corrected chi connectivity index (χ1v) is 5.96. The molecule has 0 saturated carbocycles. The molecule has 4 nitrogen and oxygen atoms in total. The predicted molar refractivity (Wildman–Crippen MR) is 63.0 cm³/mol. The third-order valence-corrected chi connectivity index (χ3v) is 2.84. The molecule has 0 aliphatic heterocycles. The van der Waals surface area contributed by atoms with Gasteiger partial charge in [0.05, 0.1) is 13.5 Å². The average molecular weight is 229 g/mol. The van der Waals surface area contributed by atoms with E-state index in [0.717, 1.165) is 12.8 Å². The average Bonchev–Trinajstić information content (AvgIpc) is 2.31. The van der Waals surface area contributed by atoms with Gasteiger partial charge in [-0.1, -0.05) is 13.8 Å². The Labute approximate surface area is 98.0 Å². The van der Waals surface area contributed by atoms with Gasteiger partial charge in [-0.2, -0.15) is 0 Å². The van der Waals surface area contributed by atoms with Crippen molar-refractivity contribution in [2.75, 3.05) is 20.2 Å². The SMILES string of the molecule is CCC(CC)C(=O)N(CC)CCC(=O)OC. The van der Waals surface area contributed by atoms with Crippen molar-refractivity contribution in [3.63, 3.8) is 0 Å². The van der Waals surface area contributed by atoms with Gasteiger partial charge in [0.2, 0.25) is 5.91 Å². The number of methoxy groups -OCH3 is 1. The lowest BCUT2D eigenvalue weighted by molar-refractivity contribution is -0.142. The molecule has 0 aromatic heterocycles. The van der Waals surface area contributed by atoms with E-state index in [1.54, 1.807) is 4.90 Å². The lowest BCUT2D eigenvalue weighted by Crippen LogP contribution is -2.37. The zero-order chi connectivity index (χ0) is 12.6. The lowest BCUT2D eigenvalue weighted by Gasteiger charge is -2.24. The summed E-state index contributed by atoms with van der Waals surface area (Å²) in [5.74, 6) is -0.0372. The molecular formula is C12H23NO3. The van der Waals surface area contributed by atoms with Crippen LogP contribution in [0.4, 0.5) is 0 Å². The minimum atomic E-state index is -0.268. The number of amides is 1. The second kappa shape index (κ2) is 8.13. The summed E-state index contributed by atoms with van der Waals surface area (Å²) in [7, 11) is 1.36. The topological polar surface area (TPSA) is 46.6 Å². The standard InChI is InChI=1S/C12H23NO3/c1-5-10(6-2)12(15)13(7-3)9-8-11(14)16-4/h10H,5-9H2,1-4H3. The Balaban J connectivity index is 4.26. The van der Waals surface area contributed by atoms with Gasteiger partial charge in [-0.05, 0) is 19.8 Å². The zero-order valence-corrected chi connectivity index (χ0v) is 10.8. The molecule has 0 radical (unpaired) electrons. The lowest BCUT2D eigenvalue weighted by atomic mass is 10.0. The largest absolute Gasteiger partial charge is 0.469 e. The van der Waals surface area contributed by atoms with Gasteiger partial charge in [-0.3, -0.25) is 9.59 Å². The van der Waals surface area contributed by atoms with Crippen LogP contribution in [0.5, 0.6) is 0 Å². The van der Waals surface area contributed by atoms with Crippen molar-refractivity contribution in [3.8, 4) is 0 Å². The van der Waals surface area contributed by atoms with Crippen LogP contribution < -0.4 is 0 Å². The maximum absolute atomic E-state index is 12.0. The van der Waals surface area contributed by atoms with Crippen LogP contribution in [0, 0.1) is 5.92 Å². The monoisotopic (exact) mass is 229 g/mol. The first-order chi connectivity index (χ1) is 7.60. The van der Waals surface area contributed by atoms with E-state index >= 15 is 0 Å². The summed E-state index contributed by atoms with van der Waals surface area (Å²) in [6.07, 6.45) is 1.98. The number of hydrogen-bond acceptors (Lipinski definition) is 3. The van der Waals surface area contributed by atoms with Crippen molar-refractivity contribution in [3.05, 3.63) is 0 Å². The molecule has 0 spiro atoms. The molecule has 0 aromatic carbocycles. The summed E-state index contributed by atoms with van der Waals surface area (Å²) in [5, 5.41) is 0. The van der Waals surface area contributed by atoms with Crippen LogP contribution in [0.25, 0.3) is 0 Å². The van der Waals surface area contributed by atoms with Gasteiger partial charge in [0, 0.05) is 19.0 Å². The minimum Gasteiger partial charge on any atom is -0.469 e. The van der Waals surface area contributed by atoms with Crippen LogP contribution in [-0.4, -0.2) is 37.0 Å². The van der Waals surface area contributed by atoms with Crippen molar-refractivity contribution < 1.29 is 14.3 Å². The van der Waals surface area contributed by atoms with Crippen LogP contribution in [0.15, 0.2) is 0 Å². The Bertz CT molecular complexity index is 224. The number of carbonyl (C=O) groups excluding carboxylic acids is 2. The van der Waals surface area contributed by atoms with E-state index in [4.69, 9.17) is 0 Å². The number of esters is 1. The molecule has 94 valence electrons. The van der Waals surface area contributed by atoms with Gasteiger partial charge >= 0.3 is 5.97 Å². The van der Waals surface area contributed by atoms with E-state index < -0.39 is 0 Å². The molecule has 0 atom stereocenters. The van der Waals surface area contributed by atoms with Crippen molar-refractivity contribution >= 4 is 11.9 Å². The number of rotatable bonds is 7. The normalized spacial score (nSPS) is 10.3. The van der Waals surface area contributed by atoms with Crippen LogP contribution in [0.1, 0.15) is 40.0 Å². The molecule has 0 aliphatic rings. The van der Waals surface area contributed by atoms with E-state index in [1.807, 2.05) is 20.8 Å². The van der Waals surface area contributed by atoms with Crippen LogP contribution in [0.3, 0.4) is 0 Å². The molecule has 0 heterocycles. The molecule has 1 amide bonds.